The first-order chi connectivity index (χ1) is 4.31. The number of hydrogen-bond acceptors (Lipinski definition) is 0. The standard InChI is InChI=1S/C5H5Cl5/c1-2-3-4(6,7)5(8,9)10/h2-3H,1H3. The SMILES string of the molecule is CC=CC(Cl)(Cl)C(Cl)(Cl)Cl. The zero-order chi connectivity index (χ0) is 8.41. The van der Waals surface area contributed by atoms with E-state index < -0.39 is 8.13 Å². The summed E-state index contributed by atoms with van der Waals surface area (Å²) in [4.78, 5) is 0. The van der Waals surface area contributed by atoms with Gasteiger partial charge in [-0.2, -0.15) is 0 Å². The van der Waals surface area contributed by atoms with Crippen molar-refractivity contribution in [1.29, 1.82) is 0 Å². The van der Waals surface area contributed by atoms with Crippen LogP contribution in [0, 0.1) is 0 Å². The highest BCUT2D eigenvalue weighted by molar-refractivity contribution is 6.76. The van der Waals surface area contributed by atoms with Gasteiger partial charge in [-0.1, -0.05) is 64.1 Å². The highest BCUT2D eigenvalue weighted by Gasteiger charge is 2.43. The lowest BCUT2D eigenvalue weighted by Crippen LogP contribution is -2.28. The van der Waals surface area contributed by atoms with Crippen molar-refractivity contribution in [1.82, 2.24) is 0 Å². The molecule has 0 aromatic heterocycles. The summed E-state index contributed by atoms with van der Waals surface area (Å²) in [5.41, 5.74) is 0. The van der Waals surface area contributed by atoms with Crippen LogP contribution in [0.1, 0.15) is 6.92 Å². The Bertz CT molecular complexity index is 131. The van der Waals surface area contributed by atoms with Crippen LogP contribution in [0.4, 0.5) is 0 Å². The number of rotatable bonds is 1. The van der Waals surface area contributed by atoms with Crippen LogP contribution >= 0.6 is 58.0 Å². The van der Waals surface area contributed by atoms with Crippen LogP contribution in [0.25, 0.3) is 0 Å². The number of hydrogen-bond donors (Lipinski definition) is 0. The number of allylic oxidation sites excluding steroid dienone is 2. The first-order valence-electron chi connectivity index (χ1n) is 2.39. The van der Waals surface area contributed by atoms with Crippen LogP contribution in [0.2, 0.25) is 0 Å². The average Bonchev–Trinajstić information content (AvgIpc) is 1.61. The third-order valence-electron chi connectivity index (χ3n) is 0.754. The van der Waals surface area contributed by atoms with Gasteiger partial charge in [-0.25, -0.2) is 0 Å². The molecule has 0 aliphatic carbocycles. The first kappa shape index (κ1) is 11.2. The summed E-state index contributed by atoms with van der Waals surface area (Å²) in [5.74, 6) is 0. The van der Waals surface area contributed by atoms with Crippen LogP contribution in [0.5, 0.6) is 0 Å². The van der Waals surface area contributed by atoms with E-state index in [-0.39, 0.29) is 0 Å². The summed E-state index contributed by atoms with van der Waals surface area (Å²) in [7, 11) is 0. The zero-order valence-electron chi connectivity index (χ0n) is 5.04. The smallest absolute Gasteiger partial charge is 0.0922 e. The van der Waals surface area contributed by atoms with E-state index in [1.54, 1.807) is 13.0 Å². The molecule has 5 heteroatoms. The van der Waals surface area contributed by atoms with Gasteiger partial charge in [-0.3, -0.25) is 0 Å². The van der Waals surface area contributed by atoms with Gasteiger partial charge < -0.3 is 0 Å². The Hall–Kier alpha value is 1.19. The van der Waals surface area contributed by atoms with Crippen molar-refractivity contribution >= 4 is 58.0 Å². The van der Waals surface area contributed by atoms with E-state index in [9.17, 15) is 0 Å². The summed E-state index contributed by atoms with van der Waals surface area (Å²) in [6.07, 6.45) is 3.02. The monoisotopic (exact) mass is 240 g/mol. The van der Waals surface area contributed by atoms with Gasteiger partial charge in [0.2, 0.25) is 3.79 Å². The molecule has 0 bridgehead atoms. The van der Waals surface area contributed by atoms with Crippen molar-refractivity contribution < 1.29 is 0 Å². The van der Waals surface area contributed by atoms with Crippen molar-refractivity contribution in [2.24, 2.45) is 0 Å². The predicted molar refractivity (Wildman–Crippen MR) is 49.5 cm³/mol. The summed E-state index contributed by atoms with van der Waals surface area (Å²) in [6.45, 7) is 1.73. The predicted octanol–water partition coefficient (Wildman–Crippen LogP) is 4.11. The maximum Gasteiger partial charge on any atom is 0.226 e. The zero-order valence-corrected chi connectivity index (χ0v) is 8.82. The van der Waals surface area contributed by atoms with E-state index in [2.05, 4.69) is 0 Å². The molecule has 0 spiro atoms. The molecule has 60 valence electrons. The minimum Gasteiger partial charge on any atom is -0.0922 e. The molecule has 0 aliphatic rings. The van der Waals surface area contributed by atoms with Crippen molar-refractivity contribution in [2.75, 3.05) is 0 Å². The second kappa shape index (κ2) is 3.73. The molecule has 0 fully saturated rings. The van der Waals surface area contributed by atoms with Crippen molar-refractivity contribution in [3.05, 3.63) is 12.2 Å². The summed E-state index contributed by atoms with van der Waals surface area (Å²) in [5, 5.41) is 0. The maximum absolute atomic E-state index is 5.60. The average molecular weight is 242 g/mol. The highest BCUT2D eigenvalue weighted by Crippen LogP contribution is 2.46. The molecule has 0 aliphatic heterocycles. The second-order valence-electron chi connectivity index (χ2n) is 1.62. The van der Waals surface area contributed by atoms with Crippen molar-refractivity contribution in [3.63, 3.8) is 0 Å². The fraction of sp³-hybridized carbons (Fsp3) is 0.600. The van der Waals surface area contributed by atoms with E-state index in [1.807, 2.05) is 0 Å². The van der Waals surface area contributed by atoms with Gasteiger partial charge >= 0.3 is 0 Å². The van der Waals surface area contributed by atoms with Crippen LogP contribution in [-0.2, 0) is 0 Å². The largest absolute Gasteiger partial charge is 0.226 e. The van der Waals surface area contributed by atoms with Gasteiger partial charge in [0.05, 0.1) is 0 Å². The quantitative estimate of drug-likeness (QED) is 0.479. The summed E-state index contributed by atoms with van der Waals surface area (Å²) >= 11 is 27.4. The molecule has 10 heavy (non-hydrogen) atoms. The lowest BCUT2D eigenvalue weighted by molar-refractivity contribution is 0.990. The minimum atomic E-state index is -1.69. The molecule has 0 rings (SSSR count). The van der Waals surface area contributed by atoms with Crippen molar-refractivity contribution in [2.45, 2.75) is 15.0 Å². The van der Waals surface area contributed by atoms with E-state index in [0.717, 1.165) is 0 Å². The van der Waals surface area contributed by atoms with E-state index in [1.165, 1.54) is 6.08 Å². The Balaban J connectivity index is 4.40. The lowest BCUT2D eigenvalue weighted by atomic mass is 10.4. The third kappa shape index (κ3) is 3.06. The van der Waals surface area contributed by atoms with Gasteiger partial charge in [0.1, 0.15) is 0 Å². The van der Waals surface area contributed by atoms with Crippen LogP contribution in [-0.4, -0.2) is 8.13 Å². The summed E-state index contributed by atoms with van der Waals surface area (Å²) < 4.78 is -3.14. The fourth-order valence-corrected chi connectivity index (χ4v) is 0.745. The van der Waals surface area contributed by atoms with Gasteiger partial charge in [0.15, 0.2) is 4.33 Å². The van der Waals surface area contributed by atoms with Gasteiger partial charge in [0, 0.05) is 0 Å². The molecular weight excluding hydrogens is 237 g/mol. The molecule has 0 aromatic rings. The molecule has 0 amide bonds. The molecule has 0 unspecified atom stereocenters. The normalized spacial score (nSPS) is 14.6. The molecule has 0 saturated carbocycles. The van der Waals surface area contributed by atoms with E-state index >= 15 is 0 Å². The number of alkyl halides is 5. The minimum absolute atomic E-state index is 1.41. The molecule has 0 atom stereocenters. The highest BCUT2D eigenvalue weighted by atomic mass is 35.6. The molecule has 0 N–H and O–H groups in total. The molecule has 0 saturated heterocycles. The Labute approximate surface area is 85.0 Å². The van der Waals surface area contributed by atoms with Gasteiger partial charge in [-0.05, 0) is 13.0 Å². The lowest BCUT2D eigenvalue weighted by Gasteiger charge is -2.23. The fourth-order valence-electron chi connectivity index (χ4n) is 0.304. The Morgan fingerprint density at radius 2 is 1.40 bits per heavy atom. The van der Waals surface area contributed by atoms with E-state index in [0.29, 0.717) is 0 Å². The third-order valence-corrected chi connectivity index (χ3v) is 3.05. The Morgan fingerprint density at radius 3 is 1.50 bits per heavy atom. The maximum atomic E-state index is 5.60. The first-order valence-corrected chi connectivity index (χ1v) is 4.28. The Kier molecular flexibility index (Phi) is 4.17. The topological polar surface area (TPSA) is 0 Å². The van der Waals surface area contributed by atoms with Crippen LogP contribution in [0.3, 0.4) is 0 Å². The molecule has 0 aromatic carbocycles. The summed E-state index contributed by atoms with van der Waals surface area (Å²) in [6, 6.07) is 0. The second-order valence-corrected chi connectivity index (χ2v) is 5.29. The number of halogens is 5. The molecule has 0 radical (unpaired) electrons. The van der Waals surface area contributed by atoms with Crippen LogP contribution in [0.15, 0.2) is 12.2 Å². The molecule has 0 nitrogen and oxygen atoms in total. The Morgan fingerprint density at radius 1 is 1.00 bits per heavy atom. The molecular formula is C5H5Cl5. The molecule has 0 heterocycles. The van der Waals surface area contributed by atoms with Crippen LogP contribution < -0.4 is 0 Å². The van der Waals surface area contributed by atoms with Crippen molar-refractivity contribution in [3.8, 4) is 0 Å². The van der Waals surface area contributed by atoms with Gasteiger partial charge in [-0.15, -0.1) is 0 Å². The van der Waals surface area contributed by atoms with Gasteiger partial charge in [0.25, 0.3) is 0 Å². The van der Waals surface area contributed by atoms with E-state index in [4.69, 9.17) is 58.0 Å².